The molecule has 152 valence electrons. The molecule has 2 heterocycles. The van der Waals surface area contributed by atoms with Gasteiger partial charge in [-0.3, -0.25) is 4.79 Å². The van der Waals surface area contributed by atoms with Crippen LogP contribution in [0.25, 0.3) is 0 Å². The molecule has 1 saturated heterocycles. The molecular weight excluding hydrogens is 388 g/mol. The Bertz CT molecular complexity index is 910. The number of amides is 1. The van der Waals surface area contributed by atoms with Gasteiger partial charge in [-0.05, 0) is 66.8 Å². The topological polar surface area (TPSA) is 83.9 Å². The van der Waals surface area contributed by atoms with E-state index in [-0.39, 0.29) is 11.5 Å². The normalized spacial score (nSPS) is 19.4. The molecule has 2 aromatic carbocycles. The van der Waals surface area contributed by atoms with Crippen molar-refractivity contribution in [2.75, 3.05) is 30.3 Å². The lowest BCUT2D eigenvalue weighted by Gasteiger charge is -2.27. The maximum atomic E-state index is 12.9. The molecular formula is C22H24N2O4S. The van der Waals surface area contributed by atoms with Crippen molar-refractivity contribution in [3.05, 3.63) is 53.6 Å². The number of carboxylic acid groups (broad SMARTS) is 1. The number of carboxylic acids is 1. The minimum absolute atomic E-state index is 0.00566. The fraction of sp³-hybridized carbons (Fsp3) is 0.364. The van der Waals surface area contributed by atoms with Crippen LogP contribution >= 0.6 is 0 Å². The van der Waals surface area contributed by atoms with Crippen LogP contribution in [-0.4, -0.2) is 51.8 Å². The number of carbonyl (C=O) groups excluding carboxylic acids is 1. The van der Waals surface area contributed by atoms with E-state index < -0.39 is 17.1 Å². The van der Waals surface area contributed by atoms with E-state index in [0.29, 0.717) is 22.8 Å². The van der Waals surface area contributed by atoms with Gasteiger partial charge in [-0.1, -0.05) is 0 Å². The molecule has 0 spiro atoms. The highest BCUT2D eigenvalue weighted by atomic mass is 32.2. The van der Waals surface area contributed by atoms with E-state index >= 15 is 0 Å². The molecule has 4 rings (SSSR count). The van der Waals surface area contributed by atoms with Gasteiger partial charge in [-0.15, -0.1) is 0 Å². The van der Waals surface area contributed by atoms with Crippen LogP contribution in [0.15, 0.2) is 47.4 Å². The number of hydrogen-bond acceptors (Lipinski definition) is 4. The molecule has 1 unspecified atom stereocenters. The first kappa shape index (κ1) is 19.8. The fourth-order valence-electron chi connectivity index (χ4n) is 3.97. The zero-order valence-corrected chi connectivity index (χ0v) is 17.0. The molecule has 7 heteroatoms. The van der Waals surface area contributed by atoms with Gasteiger partial charge in [-0.25, -0.2) is 4.79 Å². The first-order chi connectivity index (χ1) is 14.0. The second-order valence-electron chi connectivity index (χ2n) is 7.44. The highest BCUT2D eigenvalue weighted by Gasteiger charge is 2.28. The van der Waals surface area contributed by atoms with Crippen molar-refractivity contribution in [1.82, 2.24) is 4.90 Å². The van der Waals surface area contributed by atoms with Crippen LogP contribution in [0.3, 0.4) is 0 Å². The molecule has 6 nitrogen and oxygen atoms in total. The number of benzene rings is 2. The number of carbonyl (C=O) groups is 2. The van der Waals surface area contributed by atoms with Gasteiger partial charge < -0.3 is 19.5 Å². The number of piperidine rings is 1. The van der Waals surface area contributed by atoms with Gasteiger partial charge in [0, 0.05) is 43.4 Å². The van der Waals surface area contributed by atoms with Crippen LogP contribution in [0.1, 0.15) is 46.4 Å². The first-order valence-corrected chi connectivity index (χ1v) is 11.3. The molecule has 2 aromatic rings. The minimum Gasteiger partial charge on any atom is -0.611 e. The van der Waals surface area contributed by atoms with Crippen molar-refractivity contribution >= 4 is 34.4 Å². The lowest BCUT2D eigenvalue weighted by atomic mass is 10.1. The van der Waals surface area contributed by atoms with Crippen LogP contribution in [-0.2, 0) is 11.2 Å². The molecule has 29 heavy (non-hydrogen) atoms. The van der Waals surface area contributed by atoms with Crippen molar-refractivity contribution < 1.29 is 19.2 Å². The Morgan fingerprint density at radius 3 is 2.28 bits per heavy atom. The van der Waals surface area contributed by atoms with E-state index in [9.17, 15) is 14.1 Å². The molecule has 0 aliphatic carbocycles. The largest absolute Gasteiger partial charge is 0.611 e. The molecule has 0 saturated carbocycles. The van der Waals surface area contributed by atoms with Crippen molar-refractivity contribution in [2.45, 2.75) is 30.6 Å². The first-order valence-electron chi connectivity index (χ1n) is 9.97. The lowest BCUT2D eigenvalue weighted by Crippen LogP contribution is -2.35. The van der Waals surface area contributed by atoms with E-state index in [1.54, 1.807) is 30.3 Å². The predicted molar refractivity (Wildman–Crippen MR) is 112 cm³/mol. The quantitative estimate of drug-likeness (QED) is 0.778. The van der Waals surface area contributed by atoms with E-state index in [1.807, 2.05) is 17.0 Å². The standard InChI is InChI=1S/C22H24N2O4S/c25-21(23-11-2-1-3-12-23)17-7-10-19-20(15-17)29(28)14-4-13-24(19)18-8-5-16(6-9-18)22(26)27/h5-10,15H,1-4,11-14H2,(H,26,27). The van der Waals surface area contributed by atoms with E-state index in [2.05, 4.69) is 4.90 Å². The molecule has 0 aromatic heterocycles. The van der Waals surface area contributed by atoms with Crippen LogP contribution in [0.2, 0.25) is 0 Å². The summed E-state index contributed by atoms with van der Waals surface area (Å²) in [5, 5.41) is 9.12. The van der Waals surface area contributed by atoms with Gasteiger partial charge in [0.15, 0.2) is 4.90 Å². The third kappa shape index (κ3) is 4.11. The van der Waals surface area contributed by atoms with E-state index in [4.69, 9.17) is 5.11 Å². The Balaban J connectivity index is 1.67. The zero-order chi connectivity index (χ0) is 20.4. The highest BCUT2D eigenvalue weighted by Crippen LogP contribution is 2.36. The third-order valence-electron chi connectivity index (χ3n) is 5.52. The SMILES string of the molecule is O=C(O)c1ccc(N2CCC[S+]([O-])c3cc(C(=O)N4CCCCC4)ccc32)cc1. The predicted octanol–water partition coefficient (Wildman–Crippen LogP) is 3.66. The Kier molecular flexibility index (Phi) is 5.78. The number of anilines is 2. The average Bonchev–Trinajstić information content (AvgIpc) is 2.92. The zero-order valence-electron chi connectivity index (χ0n) is 16.2. The number of nitrogens with zero attached hydrogens (tertiary/aromatic N) is 2. The van der Waals surface area contributed by atoms with Crippen LogP contribution in [0.5, 0.6) is 0 Å². The molecule has 1 N–H and O–H groups in total. The van der Waals surface area contributed by atoms with Crippen molar-refractivity contribution in [1.29, 1.82) is 0 Å². The monoisotopic (exact) mass is 412 g/mol. The number of rotatable bonds is 3. The van der Waals surface area contributed by atoms with Crippen LogP contribution in [0.4, 0.5) is 11.4 Å². The van der Waals surface area contributed by atoms with Gasteiger partial charge >= 0.3 is 5.97 Å². The Morgan fingerprint density at radius 2 is 1.59 bits per heavy atom. The van der Waals surface area contributed by atoms with Crippen molar-refractivity contribution in [3.63, 3.8) is 0 Å². The summed E-state index contributed by atoms with van der Waals surface area (Å²) < 4.78 is 12.9. The summed E-state index contributed by atoms with van der Waals surface area (Å²) >= 11 is -1.18. The van der Waals surface area contributed by atoms with Gasteiger partial charge in [0.05, 0.1) is 11.3 Å². The maximum absolute atomic E-state index is 12.9. The third-order valence-corrected chi connectivity index (χ3v) is 7.00. The van der Waals surface area contributed by atoms with Crippen molar-refractivity contribution in [3.8, 4) is 0 Å². The maximum Gasteiger partial charge on any atom is 0.335 e. The average molecular weight is 413 g/mol. The van der Waals surface area contributed by atoms with Gasteiger partial charge in [-0.2, -0.15) is 0 Å². The second-order valence-corrected chi connectivity index (χ2v) is 8.98. The van der Waals surface area contributed by atoms with E-state index in [0.717, 1.165) is 50.1 Å². The van der Waals surface area contributed by atoms with Crippen LogP contribution < -0.4 is 4.90 Å². The molecule has 1 fully saturated rings. The lowest BCUT2D eigenvalue weighted by molar-refractivity contribution is 0.0694. The summed E-state index contributed by atoms with van der Waals surface area (Å²) in [6.45, 7) is 2.24. The summed E-state index contributed by atoms with van der Waals surface area (Å²) in [6, 6.07) is 12.2. The summed E-state index contributed by atoms with van der Waals surface area (Å²) in [6.07, 6.45) is 3.97. The Morgan fingerprint density at radius 1 is 0.897 bits per heavy atom. The molecule has 1 atom stereocenters. The summed E-state index contributed by atoms with van der Waals surface area (Å²) in [4.78, 5) is 28.6. The highest BCUT2D eigenvalue weighted by molar-refractivity contribution is 7.91. The molecule has 1 amide bonds. The minimum atomic E-state index is -1.18. The molecule has 0 bridgehead atoms. The smallest absolute Gasteiger partial charge is 0.335 e. The van der Waals surface area contributed by atoms with E-state index in [1.165, 1.54) is 0 Å². The van der Waals surface area contributed by atoms with Gasteiger partial charge in [0.2, 0.25) is 0 Å². The van der Waals surface area contributed by atoms with Gasteiger partial charge in [0.1, 0.15) is 5.75 Å². The Hall–Kier alpha value is -2.51. The fourth-order valence-corrected chi connectivity index (χ4v) is 5.25. The molecule has 2 aliphatic rings. The summed E-state index contributed by atoms with van der Waals surface area (Å²) in [5.41, 5.74) is 2.49. The summed E-state index contributed by atoms with van der Waals surface area (Å²) in [7, 11) is 0. The molecule has 2 aliphatic heterocycles. The number of likely N-dealkylation sites (tertiary alicyclic amines) is 1. The Labute approximate surface area is 173 Å². The summed E-state index contributed by atoms with van der Waals surface area (Å²) in [5.74, 6) is -0.418. The number of hydrogen-bond donors (Lipinski definition) is 1. The number of aromatic carboxylic acids is 1. The van der Waals surface area contributed by atoms with Crippen LogP contribution in [0, 0.1) is 0 Å². The molecule has 0 radical (unpaired) electrons. The number of fused-ring (bicyclic) bond motifs is 1. The van der Waals surface area contributed by atoms with Gasteiger partial charge in [0.25, 0.3) is 5.91 Å². The van der Waals surface area contributed by atoms with Crippen molar-refractivity contribution in [2.24, 2.45) is 0 Å². The second kappa shape index (κ2) is 8.47.